The number of hydrazine groups is 1. The van der Waals surface area contributed by atoms with Crippen LogP contribution in [-0.2, 0) is 9.53 Å². The van der Waals surface area contributed by atoms with E-state index in [0.717, 1.165) is 0 Å². The molecule has 0 aliphatic rings. The molecule has 1 rings (SSSR count). The number of amides is 1. The Kier molecular flexibility index (Phi) is 3.42. The average molecular weight is 195 g/mol. The van der Waals surface area contributed by atoms with Crippen molar-refractivity contribution in [1.29, 1.82) is 0 Å². The van der Waals surface area contributed by atoms with Gasteiger partial charge in [-0.2, -0.15) is 0 Å². The molecule has 2 N–H and O–H groups in total. The number of aromatic nitrogens is 1. The molecule has 74 valence electrons. The highest BCUT2D eigenvalue weighted by Gasteiger charge is 2.04. The van der Waals surface area contributed by atoms with E-state index in [1.165, 1.54) is 19.4 Å². The number of hydrogen-bond acceptors (Lipinski definition) is 5. The van der Waals surface area contributed by atoms with Gasteiger partial charge in [-0.25, -0.2) is 9.78 Å². The molecule has 0 unspecified atom stereocenters. The third-order valence-corrected chi connectivity index (χ3v) is 1.44. The third-order valence-electron chi connectivity index (χ3n) is 1.44. The highest BCUT2D eigenvalue weighted by atomic mass is 16.5. The van der Waals surface area contributed by atoms with E-state index >= 15 is 0 Å². The van der Waals surface area contributed by atoms with E-state index in [4.69, 9.17) is 0 Å². The van der Waals surface area contributed by atoms with Gasteiger partial charge in [0, 0.05) is 6.20 Å². The molecule has 0 aliphatic carbocycles. The van der Waals surface area contributed by atoms with Crippen LogP contribution in [-0.4, -0.2) is 24.5 Å². The lowest BCUT2D eigenvalue weighted by molar-refractivity contribution is -0.109. The summed E-state index contributed by atoms with van der Waals surface area (Å²) in [7, 11) is 1.29. The first-order valence-corrected chi connectivity index (χ1v) is 3.77. The summed E-state index contributed by atoms with van der Waals surface area (Å²) in [4.78, 5) is 24.8. The molecule has 0 spiro atoms. The smallest absolute Gasteiger partial charge is 0.339 e. The molecule has 0 aliphatic heterocycles. The Balaban J connectivity index is 2.68. The molecule has 0 saturated heterocycles. The zero-order valence-electron chi connectivity index (χ0n) is 7.48. The van der Waals surface area contributed by atoms with Crippen LogP contribution in [0.25, 0.3) is 0 Å². The van der Waals surface area contributed by atoms with Crippen molar-refractivity contribution in [2.75, 3.05) is 12.5 Å². The molecule has 6 nitrogen and oxygen atoms in total. The lowest BCUT2D eigenvalue weighted by Gasteiger charge is -2.03. The van der Waals surface area contributed by atoms with Crippen LogP contribution in [0.3, 0.4) is 0 Å². The van der Waals surface area contributed by atoms with E-state index in [1.807, 2.05) is 0 Å². The molecule has 0 fully saturated rings. The second kappa shape index (κ2) is 4.80. The zero-order chi connectivity index (χ0) is 10.4. The Bertz CT molecular complexity index is 323. The van der Waals surface area contributed by atoms with Crippen LogP contribution in [0, 0.1) is 0 Å². The maximum atomic E-state index is 11.0. The minimum absolute atomic E-state index is 0.351. The minimum Gasteiger partial charge on any atom is -0.465 e. The topological polar surface area (TPSA) is 80.3 Å². The van der Waals surface area contributed by atoms with Crippen LogP contribution in [0.2, 0.25) is 0 Å². The van der Waals surface area contributed by atoms with Gasteiger partial charge in [-0.1, -0.05) is 0 Å². The number of hydrogen-bond donors (Lipinski definition) is 2. The normalized spacial score (nSPS) is 8.93. The van der Waals surface area contributed by atoms with Crippen LogP contribution in [0.15, 0.2) is 18.3 Å². The fourth-order valence-corrected chi connectivity index (χ4v) is 0.810. The van der Waals surface area contributed by atoms with Gasteiger partial charge in [-0.05, 0) is 12.1 Å². The zero-order valence-corrected chi connectivity index (χ0v) is 7.48. The van der Waals surface area contributed by atoms with Crippen molar-refractivity contribution in [1.82, 2.24) is 10.4 Å². The van der Waals surface area contributed by atoms with Gasteiger partial charge in [0.25, 0.3) is 0 Å². The van der Waals surface area contributed by atoms with Crippen LogP contribution in [0.5, 0.6) is 0 Å². The number of carbonyl (C=O) groups excluding carboxylic acids is 2. The van der Waals surface area contributed by atoms with Crippen LogP contribution < -0.4 is 10.9 Å². The molecule has 1 aromatic heterocycles. The number of pyridine rings is 1. The lowest BCUT2D eigenvalue weighted by atomic mass is 10.3. The largest absolute Gasteiger partial charge is 0.465 e. The summed E-state index contributed by atoms with van der Waals surface area (Å²) >= 11 is 0. The first-order valence-electron chi connectivity index (χ1n) is 3.77. The van der Waals surface area contributed by atoms with Gasteiger partial charge in [0.05, 0.1) is 12.7 Å². The van der Waals surface area contributed by atoms with Crippen LogP contribution in [0.4, 0.5) is 5.82 Å². The van der Waals surface area contributed by atoms with Crippen LogP contribution >= 0.6 is 0 Å². The van der Waals surface area contributed by atoms with Crippen molar-refractivity contribution in [2.45, 2.75) is 0 Å². The minimum atomic E-state index is -0.451. The summed E-state index contributed by atoms with van der Waals surface area (Å²) in [6.45, 7) is 0. The summed E-state index contributed by atoms with van der Waals surface area (Å²) in [6.07, 6.45) is 1.83. The van der Waals surface area contributed by atoms with Crippen molar-refractivity contribution in [3.05, 3.63) is 23.9 Å². The Morgan fingerprint density at radius 1 is 1.57 bits per heavy atom. The van der Waals surface area contributed by atoms with E-state index in [2.05, 4.69) is 20.6 Å². The first kappa shape index (κ1) is 9.97. The molecule has 0 aromatic carbocycles. The lowest BCUT2D eigenvalue weighted by Crippen LogP contribution is -2.19. The van der Waals surface area contributed by atoms with Gasteiger partial charge in [-0.15, -0.1) is 0 Å². The standard InChI is InChI=1S/C8H9N3O3/c1-14-8(13)6-2-3-7(9-4-6)11-10-5-12/h2-5H,1H3,(H,9,11)(H,10,12). The number of anilines is 1. The molecule has 1 aromatic rings. The van der Waals surface area contributed by atoms with Gasteiger partial charge in [0.15, 0.2) is 0 Å². The number of rotatable bonds is 4. The van der Waals surface area contributed by atoms with Crippen molar-refractivity contribution in [2.24, 2.45) is 0 Å². The maximum absolute atomic E-state index is 11.0. The van der Waals surface area contributed by atoms with E-state index in [1.54, 1.807) is 6.07 Å². The highest BCUT2D eigenvalue weighted by molar-refractivity contribution is 5.89. The molecular weight excluding hydrogens is 186 g/mol. The fourth-order valence-electron chi connectivity index (χ4n) is 0.810. The SMILES string of the molecule is COC(=O)c1ccc(NNC=O)nc1. The Morgan fingerprint density at radius 3 is 2.86 bits per heavy atom. The Labute approximate surface area is 80.3 Å². The third kappa shape index (κ3) is 2.44. The molecule has 0 atom stereocenters. The summed E-state index contributed by atoms with van der Waals surface area (Å²) in [5.74, 6) is -0.0165. The van der Waals surface area contributed by atoms with Crippen molar-refractivity contribution in [3.8, 4) is 0 Å². The second-order valence-electron chi connectivity index (χ2n) is 2.31. The fraction of sp³-hybridized carbons (Fsp3) is 0.125. The molecule has 0 bridgehead atoms. The Morgan fingerprint density at radius 2 is 2.36 bits per heavy atom. The number of nitrogens with zero attached hydrogens (tertiary/aromatic N) is 1. The molecule has 6 heteroatoms. The molecule has 14 heavy (non-hydrogen) atoms. The second-order valence-corrected chi connectivity index (χ2v) is 2.31. The monoisotopic (exact) mass is 195 g/mol. The highest BCUT2D eigenvalue weighted by Crippen LogP contribution is 2.04. The number of ether oxygens (including phenoxy) is 1. The van der Waals surface area contributed by atoms with Crippen molar-refractivity contribution < 1.29 is 14.3 Å². The summed E-state index contributed by atoms with van der Waals surface area (Å²) in [5.41, 5.74) is 5.07. The van der Waals surface area contributed by atoms with Gasteiger partial charge in [-0.3, -0.25) is 15.6 Å². The number of carbonyl (C=O) groups is 2. The first-order chi connectivity index (χ1) is 6.77. The van der Waals surface area contributed by atoms with Gasteiger partial charge >= 0.3 is 5.97 Å². The predicted molar refractivity (Wildman–Crippen MR) is 48.4 cm³/mol. The average Bonchev–Trinajstić information content (AvgIpc) is 2.26. The van der Waals surface area contributed by atoms with Crippen molar-refractivity contribution >= 4 is 18.2 Å². The van der Waals surface area contributed by atoms with Gasteiger partial charge < -0.3 is 4.74 Å². The molecule has 1 amide bonds. The van der Waals surface area contributed by atoms with Gasteiger partial charge in [0.1, 0.15) is 5.82 Å². The Hall–Kier alpha value is -2.11. The van der Waals surface area contributed by atoms with E-state index in [9.17, 15) is 9.59 Å². The summed E-state index contributed by atoms with van der Waals surface area (Å²) in [5, 5.41) is 0. The molecule has 0 saturated carbocycles. The quantitative estimate of drug-likeness (QED) is 0.399. The van der Waals surface area contributed by atoms with Gasteiger partial charge in [0.2, 0.25) is 6.41 Å². The van der Waals surface area contributed by atoms with Crippen LogP contribution in [0.1, 0.15) is 10.4 Å². The number of esters is 1. The molecular formula is C8H9N3O3. The van der Waals surface area contributed by atoms with E-state index < -0.39 is 5.97 Å². The molecule has 0 radical (unpaired) electrons. The van der Waals surface area contributed by atoms with E-state index in [-0.39, 0.29) is 0 Å². The summed E-state index contributed by atoms with van der Waals surface area (Å²) < 4.78 is 4.49. The maximum Gasteiger partial charge on any atom is 0.339 e. The number of methoxy groups -OCH3 is 1. The molecule has 1 heterocycles. The summed E-state index contributed by atoms with van der Waals surface area (Å²) in [6, 6.07) is 3.08. The van der Waals surface area contributed by atoms with E-state index in [0.29, 0.717) is 17.8 Å². The predicted octanol–water partition coefficient (Wildman–Crippen LogP) is -0.0589. The number of nitrogens with one attached hydrogen (secondary N) is 2. The van der Waals surface area contributed by atoms with Crippen molar-refractivity contribution in [3.63, 3.8) is 0 Å².